The van der Waals surface area contributed by atoms with Gasteiger partial charge in [0.15, 0.2) is 5.58 Å². The van der Waals surface area contributed by atoms with Crippen LogP contribution in [0.3, 0.4) is 0 Å². The topological polar surface area (TPSA) is 102 Å². The van der Waals surface area contributed by atoms with Crippen LogP contribution in [0.2, 0.25) is 0 Å². The number of amides is 1. The van der Waals surface area contributed by atoms with Crippen LogP contribution in [-0.4, -0.2) is 59.4 Å². The average Bonchev–Trinajstić information content (AvgIpc) is 3.19. The Bertz CT molecular complexity index is 1380. The van der Waals surface area contributed by atoms with Crippen LogP contribution in [0.25, 0.3) is 22.4 Å². The predicted octanol–water partition coefficient (Wildman–Crippen LogP) is 3.57. The van der Waals surface area contributed by atoms with E-state index in [2.05, 4.69) is 20.4 Å². The lowest BCUT2D eigenvalue weighted by molar-refractivity contribution is 0.0953. The van der Waals surface area contributed by atoms with Gasteiger partial charge in [0, 0.05) is 30.3 Å². The first-order valence-corrected chi connectivity index (χ1v) is 12.1. The lowest BCUT2D eigenvalue weighted by Gasteiger charge is -2.10. The average molecular weight is 490 g/mol. The van der Waals surface area contributed by atoms with Gasteiger partial charge in [-0.2, -0.15) is 0 Å². The molecular weight excluding hydrogens is 458 g/mol. The largest absolute Gasteiger partial charge is 0.477 e. The standard InChI is InChI=1S/C27H31N5O4/c1-4-13-28-26(33)21-9-11-24-23(17-21)32(27(34)36-24)18-19-7-5-8-20(16-19)22-10-12-25(30-29-22)35-15-6-14-31(2)3/h5,7-12,16-17H,4,6,13-15,18H2,1-3H3,(H,28,33). The number of rotatable bonds is 11. The molecule has 0 fully saturated rings. The van der Waals surface area contributed by atoms with E-state index in [0.29, 0.717) is 47.9 Å². The number of carbonyl (C=O) groups excluding carboxylic acids is 1. The molecule has 0 aliphatic heterocycles. The van der Waals surface area contributed by atoms with Crippen LogP contribution in [0.4, 0.5) is 0 Å². The SMILES string of the molecule is CCCNC(=O)c1ccc2oc(=O)n(Cc3cccc(-c4ccc(OCCCN(C)C)nn4)c3)c2c1. The van der Waals surface area contributed by atoms with Gasteiger partial charge in [0.1, 0.15) is 0 Å². The van der Waals surface area contributed by atoms with Crippen molar-refractivity contribution in [1.29, 1.82) is 0 Å². The van der Waals surface area contributed by atoms with Crippen molar-refractivity contribution < 1.29 is 13.9 Å². The molecule has 1 N–H and O–H groups in total. The monoisotopic (exact) mass is 489 g/mol. The fourth-order valence-corrected chi connectivity index (χ4v) is 3.81. The van der Waals surface area contributed by atoms with E-state index in [1.165, 1.54) is 4.57 Å². The summed E-state index contributed by atoms with van der Waals surface area (Å²) in [4.78, 5) is 27.1. The quantitative estimate of drug-likeness (QED) is 0.321. The number of aromatic nitrogens is 3. The first kappa shape index (κ1) is 25.1. The fourth-order valence-electron chi connectivity index (χ4n) is 3.81. The van der Waals surface area contributed by atoms with Gasteiger partial charge in [-0.15, -0.1) is 10.2 Å². The Balaban J connectivity index is 1.51. The maximum atomic E-state index is 12.6. The molecule has 0 aliphatic carbocycles. The van der Waals surface area contributed by atoms with Gasteiger partial charge in [-0.1, -0.05) is 25.1 Å². The number of hydrogen-bond donors (Lipinski definition) is 1. The molecule has 0 saturated carbocycles. The summed E-state index contributed by atoms with van der Waals surface area (Å²) in [5.41, 5.74) is 3.97. The highest BCUT2D eigenvalue weighted by atomic mass is 16.5. The fraction of sp³-hybridized carbons (Fsp3) is 0.333. The molecule has 36 heavy (non-hydrogen) atoms. The molecule has 2 aromatic heterocycles. The zero-order chi connectivity index (χ0) is 25.5. The van der Waals surface area contributed by atoms with Crippen LogP contribution < -0.4 is 15.8 Å². The van der Waals surface area contributed by atoms with E-state index in [4.69, 9.17) is 9.15 Å². The van der Waals surface area contributed by atoms with Crippen molar-refractivity contribution in [3.8, 4) is 17.1 Å². The van der Waals surface area contributed by atoms with E-state index >= 15 is 0 Å². The molecule has 9 nitrogen and oxygen atoms in total. The molecule has 188 valence electrons. The van der Waals surface area contributed by atoms with Gasteiger partial charge in [-0.05, 0) is 62.8 Å². The second kappa shape index (κ2) is 11.6. The Morgan fingerprint density at radius 1 is 1.11 bits per heavy atom. The van der Waals surface area contributed by atoms with E-state index < -0.39 is 5.76 Å². The normalized spacial score (nSPS) is 11.2. The molecule has 0 bridgehead atoms. The van der Waals surface area contributed by atoms with Crippen LogP contribution in [0.1, 0.15) is 35.7 Å². The van der Waals surface area contributed by atoms with Crippen LogP contribution >= 0.6 is 0 Å². The summed E-state index contributed by atoms with van der Waals surface area (Å²) in [7, 11) is 4.05. The van der Waals surface area contributed by atoms with Gasteiger partial charge in [-0.25, -0.2) is 4.79 Å². The smallest absolute Gasteiger partial charge is 0.420 e. The summed E-state index contributed by atoms with van der Waals surface area (Å²) in [5, 5.41) is 11.3. The number of hydrogen-bond acceptors (Lipinski definition) is 7. The minimum Gasteiger partial charge on any atom is -0.477 e. The lowest BCUT2D eigenvalue weighted by Crippen LogP contribution is -2.24. The Labute approximate surface area is 209 Å². The highest BCUT2D eigenvalue weighted by Gasteiger charge is 2.14. The van der Waals surface area contributed by atoms with Crippen molar-refractivity contribution >= 4 is 17.0 Å². The molecule has 0 radical (unpaired) electrons. The molecule has 4 rings (SSSR count). The van der Waals surface area contributed by atoms with Crippen molar-refractivity contribution in [2.24, 2.45) is 0 Å². The van der Waals surface area contributed by atoms with Crippen LogP contribution in [-0.2, 0) is 6.54 Å². The molecule has 9 heteroatoms. The van der Waals surface area contributed by atoms with Gasteiger partial charge in [0.05, 0.1) is 24.4 Å². The van der Waals surface area contributed by atoms with E-state index in [1.54, 1.807) is 18.2 Å². The van der Waals surface area contributed by atoms with Crippen LogP contribution in [0.5, 0.6) is 5.88 Å². The Morgan fingerprint density at radius 2 is 1.97 bits per heavy atom. The third kappa shape index (κ3) is 6.17. The molecule has 2 heterocycles. The van der Waals surface area contributed by atoms with Gasteiger partial charge in [0.2, 0.25) is 5.88 Å². The van der Waals surface area contributed by atoms with Gasteiger partial charge >= 0.3 is 5.76 Å². The summed E-state index contributed by atoms with van der Waals surface area (Å²) >= 11 is 0. The first-order chi connectivity index (χ1) is 17.4. The molecule has 1 amide bonds. The van der Waals surface area contributed by atoms with Crippen molar-refractivity contribution in [2.75, 3.05) is 33.8 Å². The molecular formula is C27H31N5O4. The number of nitrogens with one attached hydrogen (secondary N) is 1. The highest BCUT2D eigenvalue weighted by molar-refractivity contribution is 5.97. The Hall–Kier alpha value is -3.98. The number of nitrogens with zero attached hydrogens (tertiary/aromatic N) is 4. The van der Waals surface area contributed by atoms with Gasteiger partial charge in [-0.3, -0.25) is 9.36 Å². The Kier molecular flexibility index (Phi) is 8.12. The van der Waals surface area contributed by atoms with Crippen molar-refractivity contribution in [3.05, 3.63) is 76.3 Å². The highest BCUT2D eigenvalue weighted by Crippen LogP contribution is 2.21. The zero-order valence-electron chi connectivity index (χ0n) is 20.9. The molecule has 4 aromatic rings. The summed E-state index contributed by atoms with van der Waals surface area (Å²) in [6, 6.07) is 16.4. The molecule has 0 unspecified atom stereocenters. The minimum absolute atomic E-state index is 0.176. The van der Waals surface area contributed by atoms with Crippen molar-refractivity contribution in [2.45, 2.75) is 26.3 Å². The lowest BCUT2D eigenvalue weighted by atomic mass is 10.1. The van der Waals surface area contributed by atoms with E-state index in [9.17, 15) is 9.59 Å². The second-order valence-corrected chi connectivity index (χ2v) is 8.85. The number of oxazole rings is 1. The van der Waals surface area contributed by atoms with Gasteiger partial charge < -0.3 is 19.4 Å². The third-order valence-corrected chi connectivity index (χ3v) is 5.67. The summed E-state index contributed by atoms with van der Waals surface area (Å²) < 4.78 is 12.6. The molecule has 0 saturated heterocycles. The van der Waals surface area contributed by atoms with E-state index in [0.717, 1.165) is 30.5 Å². The summed E-state index contributed by atoms with van der Waals surface area (Å²) in [6.07, 6.45) is 1.75. The number of fused-ring (bicyclic) bond motifs is 1. The predicted molar refractivity (Wildman–Crippen MR) is 138 cm³/mol. The van der Waals surface area contributed by atoms with Crippen LogP contribution in [0.15, 0.2) is 63.8 Å². The maximum Gasteiger partial charge on any atom is 0.420 e. The summed E-state index contributed by atoms with van der Waals surface area (Å²) in [6.45, 7) is 4.40. The first-order valence-electron chi connectivity index (χ1n) is 12.1. The minimum atomic E-state index is -0.475. The molecule has 0 aliphatic rings. The third-order valence-electron chi connectivity index (χ3n) is 5.67. The van der Waals surface area contributed by atoms with E-state index in [-0.39, 0.29) is 5.91 Å². The van der Waals surface area contributed by atoms with Crippen molar-refractivity contribution in [1.82, 2.24) is 25.0 Å². The maximum absolute atomic E-state index is 12.6. The van der Waals surface area contributed by atoms with E-state index in [1.807, 2.05) is 57.4 Å². The Morgan fingerprint density at radius 3 is 2.72 bits per heavy atom. The molecule has 0 atom stereocenters. The van der Waals surface area contributed by atoms with Gasteiger partial charge in [0.25, 0.3) is 5.91 Å². The summed E-state index contributed by atoms with van der Waals surface area (Å²) in [5.74, 6) is -0.161. The van der Waals surface area contributed by atoms with Crippen LogP contribution in [0, 0.1) is 0 Å². The molecule has 2 aromatic carbocycles. The number of carbonyl (C=O) groups is 1. The number of ether oxygens (including phenoxy) is 1. The second-order valence-electron chi connectivity index (χ2n) is 8.85. The number of benzene rings is 2. The molecule has 0 spiro atoms. The van der Waals surface area contributed by atoms with Crippen molar-refractivity contribution in [3.63, 3.8) is 0 Å². The zero-order valence-corrected chi connectivity index (χ0v) is 20.9.